The van der Waals surface area contributed by atoms with E-state index >= 15 is 0 Å². The second-order valence-corrected chi connectivity index (χ2v) is 3.37. The molecule has 82 valence electrons. The summed E-state index contributed by atoms with van der Waals surface area (Å²) in [6, 6.07) is 0.973. The van der Waals surface area contributed by atoms with Crippen molar-refractivity contribution < 1.29 is 23.4 Å². The number of esters is 1. The van der Waals surface area contributed by atoms with Gasteiger partial charge in [0.25, 0.3) is 6.43 Å². The molecule has 0 fully saturated rings. The second kappa shape index (κ2) is 4.52. The Balaban J connectivity index is 3.29. The normalized spacial score (nSPS) is 10.5. The zero-order valence-electron chi connectivity index (χ0n) is 7.50. The minimum Gasteiger partial charge on any atom is -0.506 e. The van der Waals surface area contributed by atoms with E-state index in [-0.39, 0.29) is 10.2 Å². The van der Waals surface area contributed by atoms with Gasteiger partial charge in [-0.1, -0.05) is 0 Å². The number of ether oxygens (including phenoxy) is 1. The Labute approximate surface area is 92.0 Å². The summed E-state index contributed by atoms with van der Waals surface area (Å²) in [5.41, 5.74) is -1.15. The summed E-state index contributed by atoms with van der Waals surface area (Å²) in [6.07, 6.45) is -2.96. The number of carbonyl (C=O) groups is 1. The number of aromatic hydroxyl groups is 1. The van der Waals surface area contributed by atoms with E-state index < -0.39 is 23.8 Å². The highest BCUT2D eigenvalue weighted by Crippen LogP contribution is 2.30. The fraction of sp³-hybridized carbons (Fsp3) is 0.250. The van der Waals surface area contributed by atoms with Crippen LogP contribution < -0.4 is 0 Å². The Morgan fingerprint density at radius 2 is 2.27 bits per heavy atom. The first-order chi connectivity index (χ1) is 6.97. The Morgan fingerprint density at radius 1 is 1.67 bits per heavy atom. The molecule has 0 aliphatic heterocycles. The average Bonchev–Trinajstić information content (AvgIpc) is 2.16. The van der Waals surface area contributed by atoms with Gasteiger partial charge in [0.05, 0.1) is 11.6 Å². The maximum absolute atomic E-state index is 12.3. The smallest absolute Gasteiger partial charge is 0.357 e. The SMILES string of the molecule is COC(=O)c1nc(C(F)F)c(O)cc1Br. The molecular weight excluding hydrogens is 276 g/mol. The minimum atomic E-state index is -2.96. The van der Waals surface area contributed by atoms with Gasteiger partial charge in [-0.2, -0.15) is 0 Å². The van der Waals surface area contributed by atoms with Gasteiger partial charge in [0, 0.05) is 0 Å². The maximum atomic E-state index is 12.3. The quantitative estimate of drug-likeness (QED) is 0.845. The number of nitrogens with zero attached hydrogens (tertiary/aromatic N) is 1. The number of carbonyl (C=O) groups excluding carboxylic acids is 1. The lowest BCUT2D eigenvalue weighted by Crippen LogP contribution is -2.07. The fourth-order valence-electron chi connectivity index (χ4n) is 0.894. The largest absolute Gasteiger partial charge is 0.506 e. The summed E-state index contributed by atoms with van der Waals surface area (Å²) >= 11 is 2.90. The van der Waals surface area contributed by atoms with Crippen LogP contribution in [0.15, 0.2) is 10.5 Å². The van der Waals surface area contributed by atoms with E-state index in [1.54, 1.807) is 0 Å². The van der Waals surface area contributed by atoms with Crippen LogP contribution in [0.4, 0.5) is 8.78 Å². The van der Waals surface area contributed by atoms with Crippen LogP contribution in [0.2, 0.25) is 0 Å². The molecule has 1 aromatic rings. The van der Waals surface area contributed by atoms with Crippen molar-refractivity contribution in [3.05, 3.63) is 21.9 Å². The minimum absolute atomic E-state index is 0.0938. The van der Waals surface area contributed by atoms with Gasteiger partial charge in [-0.05, 0) is 22.0 Å². The molecule has 1 heterocycles. The average molecular weight is 282 g/mol. The molecule has 0 spiro atoms. The molecule has 0 aliphatic carbocycles. The van der Waals surface area contributed by atoms with Gasteiger partial charge in [0.2, 0.25) is 0 Å². The highest BCUT2D eigenvalue weighted by molar-refractivity contribution is 9.10. The topological polar surface area (TPSA) is 59.4 Å². The molecule has 4 nitrogen and oxygen atoms in total. The molecule has 0 aliphatic rings. The van der Waals surface area contributed by atoms with E-state index in [0.717, 1.165) is 13.2 Å². The zero-order valence-corrected chi connectivity index (χ0v) is 9.09. The lowest BCUT2D eigenvalue weighted by molar-refractivity contribution is 0.0591. The van der Waals surface area contributed by atoms with Crippen molar-refractivity contribution >= 4 is 21.9 Å². The highest BCUT2D eigenvalue weighted by Gasteiger charge is 2.21. The summed E-state index contributed by atoms with van der Waals surface area (Å²) in [7, 11) is 1.10. The monoisotopic (exact) mass is 281 g/mol. The van der Waals surface area contributed by atoms with Crippen LogP contribution in [0.1, 0.15) is 22.6 Å². The number of aromatic nitrogens is 1. The van der Waals surface area contributed by atoms with Crippen molar-refractivity contribution in [1.29, 1.82) is 0 Å². The molecule has 1 aromatic heterocycles. The van der Waals surface area contributed by atoms with Crippen LogP contribution in [-0.4, -0.2) is 23.2 Å². The molecular formula is C8H6BrF2NO3. The third kappa shape index (κ3) is 2.41. The Bertz CT molecular complexity index is 398. The second-order valence-electron chi connectivity index (χ2n) is 2.52. The van der Waals surface area contributed by atoms with Crippen molar-refractivity contribution in [2.24, 2.45) is 0 Å². The molecule has 0 saturated heterocycles. The summed E-state index contributed by atoms with van der Waals surface area (Å²) in [5.74, 6) is -1.53. The van der Waals surface area contributed by atoms with Crippen LogP contribution in [0.3, 0.4) is 0 Å². The van der Waals surface area contributed by atoms with Gasteiger partial charge in [-0.25, -0.2) is 18.6 Å². The number of pyridine rings is 1. The van der Waals surface area contributed by atoms with Gasteiger partial charge in [-0.15, -0.1) is 0 Å². The lowest BCUT2D eigenvalue weighted by Gasteiger charge is -2.06. The van der Waals surface area contributed by atoms with Crippen LogP contribution in [0, 0.1) is 0 Å². The molecule has 0 saturated carbocycles. The lowest BCUT2D eigenvalue weighted by atomic mass is 10.3. The van der Waals surface area contributed by atoms with E-state index in [1.807, 2.05) is 0 Å². The van der Waals surface area contributed by atoms with Gasteiger partial charge < -0.3 is 9.84 Å². The number of hydrogen-bond donors (Lipinski definition) is 1. The van der Waals surface area contributed by atoms with Crippen LogP contribution in [0.5, 0.6) is 5.75 Å². The van der Waals surface area contributed by atoms with E-state index in [4.69, 9.17) is 5.11 Å². The summed E-state index contributed by atoms with van der Waals surface area (Å²) in [5, 5.41) is 9.12. The summed E-state index contributed by atoms with van der Waals surface area (Å²) in [4.78, 5) is 14.4. The predicted octanol–water partition coefficient (Wildman–Crippen LogP) is 2.27. The van der Waals surface area contributed by atoms with E-state index in [2.05, 4.69) is 25.7 Å². The molecule has 0 radical (unpaired) electrons. The number of hydrogen-bond acceptors (Lipinski definition) is 4. The van der Waals surface area contributed by atoms with Crippen molar-refractivity contribution in [3.8, 4) is 5.75 Å². The number of halogens is 3. The first kappa shape index (κ1) is 11.8. The van der Waals surface area contributed by atoms with Gasteiger partial charge in [-0.3, -0.25) is 0 Å². The van der Waals surface area contributed by atoms with Crippen molar-refractivity contribution in [2.75, 3.05) is 7.11 Å². The number of methoxy groups -OCH3 is 1. The molecule has 0 amide bonds. The molecule has 0 bridgehead atoms. The molecule has 0 aromatic carbocycles. The van der Waals surface area contributed by atoms with E-state index in [0.29, 0.717) is 0 Å². The molecule has 0 atom stereocenters. The molecule has 1 rings (SSSR count). The van der Waals surface area contributed by atoms with Crippen LogP contribution >= 0.6 is 15.9 Å². The van der Waals surface area contributed by atoms with Crippen molar-refractivity contribution in [1.82, 2.24) is 4.98 Å². The van der Waals surface area contributed by atoms with Crippen LogP contribution in [0.25, 0.3) is 0 Å². The van der Waals surface area contributed by atoms with Gasteiger partial charge in [0.1, 0.15) is 11.4 Å². The molecule has 0 unspecified atom stereocenters. The van der Waals surface area contributed by atoms with Gasteiger partial charge in [0.15, 0.2) is 5.69 Å². The molecule has 7 heteroatoms. The third-order valence-electron chi connectivity index (χ3n) is 1.57. The summed E-state index contributed by atoms with van der Waals surface area (Å²) in [6.45, 7) is 0. The molecule has 15 heavy (non-hydrogen) atoms. The van der Waals surface area contributed by atoms with Crippen LogP contribution in [-0.2, 0) is 4.74 Å². The fourth-order valence-corrected chi connectivity index (χ4v) is 1.36. The Hall–Kier alpha value is -1.24. The first-order valence-electron chi connectivity index (χ1n) is 3.73. The highest BCUT2D eigenvalue weighted by atomic mass is 79.9. The zero-order chi connectivity index (χ0) is 11.6. The van der Waals surface area contributed by atoms with Crippen molar-refractivity contribution in [2.45, 2.75) is 6.43 Å². The number of rotatable bonds is 2. The van der Waals surface area contributed by atoms with E-state index in [1.165, 1.54) is 0 Å². The first-order valence-corrected chi connectivity index (χ1v) is 4.52. The predicted molar refractivity (Wildman–Crippen MR) is 49.9 cm³/mol. The maximum Gasteiger partial charge on any atom is 0.357 e. The summed E-state index contributed by atoms with van der Waals surface area (Å²) < 4.78 is 29.1. The third-order valence-corrected chi connectivity index (χ3v) is 2.17. The molecule has 1 N–H and O–H groups in total. The number of alkyl halides is 2. The van der Waals surface area contributed by atoms with Gasteiger partial charge >= 0.3 is 5.97 Å². The van der Waals surface area contributed by atoms with Crippen molar-refractivity contribution in [3.63, 3.8) is 0 Å². The Kier molecular flexibility index (Phi) is 3.57. The van der Waals surface area contributed by atoms with E-state index in [9.17, 15) is 13.6 Å². The standard InChI is InChI=1S/C8H6BrF2NO3/c1-15-8(14)5-3(9)2-4(13)6(12-5)7(10)11/h2,7,13H,1H3. The Morgan fingerprint density at radius 3 is 2.73 bits per heavy atom.